The number of benzene rings is 1. The number of allylic oxidation sites excluding steroid dienone is 2. The number of thiazole rings is 1. The van der Waals surface area contributed by atoms with Gasteiger partial charge in [-0.15, -0.1) is 11.3 Å². The van der Waals surface area contributed by atoms with Gasteiger partial charge in [-0.3, -0.25) is 4.79 Å². The summed E-state index contributed by atoms with van der Waals surface area (Å²) in [5, 5.41) is 0.820. The zero-order chi connectivity index (χ0) is 21.9. The Hall–Kier alpha value is -2.51. The molecule has 1 aromatic heterocycles. The van der Waals surface area contributed by atoms with Gasteiger partial charge in [0.2, 0.25) is 6.29 Å². The molecule has 0 saturated heterocycles. The highest BCUT2D eigenvalue weighted by atomic mass is 32.1. The molecule has 1 atom stereocenters. The number of rotatable bonds is 6. The van der Waals surface area contributed by atoms with Crippen LogP contribution in [0.25, 0.3) is 16.1 Å². The number of carbonyl (C=O) groups excluding carboxylic acids is 2. The molecule has 0 aliphatic heterocycles. The van der Waals surface area contributed by atoms with Crippen molar-refractivity contribution < 1.29 is 23.8 Å². The van der Waals surface area contributed by atoms with Crippen LogP contribution in [-0.2, 0) is 19.0 Å². The third-order valence-corrected chi connectivity index (χ3v) is 5.78. The number of hydrogen-bond donors (Lipinski definition) is 0. The largest absolute Gasteiger partial charge is 0.515 e. The molecule has 1 aliphatic rings. The van der Waals surface area contributed by atoms with Crippen LogP contribution in [0.5, 0.6) is 0 Å². The summed E-state index contributed by atoms with van der Waals surface area (Å²) >= 11 is 1.51. The van der Waals surface area contributed by atoms with Gasteiger partial charge in [-0.05, 0) is 26.2 Å². The van der Waals surface area contributed by atoms with Crippen molar-refractivity contribution in [3.8, 4) is 10.6 Å². The second-order valence-electron chi connectivity index (χ2n) is 8.02. The minimum Gasteiger partial charge on any atom is -0.404 e. The molecule has 0 N–H and O–H groups in total. The Morgan fingerprint density at radius 2 is 1.93 bits per heavy atom. The summed E-state index contributed by atoms with van der Waals surface area (Å²) in [5.41, 5.74) is 1.59. The Morgan fingerprint density at radius 1 is 1.23 bits per heavy atom. The summed E-state index contributed by atoms with van der Waals surface area (Å²) < 4.78 is 15.9. The molecule has 0 spiro atoms. The summed E-state index contributed by atoms with van der Waals surface area (Å²) in [7, 11) is 0. The van der Waals surface area contributed by atoms with E-state index in [9.17, 15) is 9.59 Å². The predicted octanol–water partition coefficient (Wildman–Crippen LogP) is 5.75. The molecule has 0 fully saturated rings. The van der Waals surface area contributed by atoms with Crippen LogP contribution in [-0.4, -0.2) is 29.8 Å². The molecule has 0 amide bonds. The zero-order valence-electron chi connectivity index (χ0n) is 18.0. The van der Waals surface area contributed by atoms with E-state index >= 15 is 0 Å². The quantitative estimate of drug-likeness (QED) is 0.430. The summed E-state index contributed by atoms with van der Waals surface area (Å²) in [6, 6.07) is 9.80. The second-order valence-corrected chi connectivity index (χ2v) is 9.23. The molecule has 1 aromatic carbocycles. The third kappa shape index (κ3) is 5.15. The first-order valence-electron chi connectivity index (χ1n) is 10.00. The number of carbonyl (C=O) groups is 2. The summed E-state index contributed by atoms with van der Waals surface area (Å²) in [5.74, 6) is 0.220. The molecular weight excluding hydrogens is 402 g/mol. The number of nitrogens with zero attached hydrogens (tertiary/aromatic N) is 1. The van der Waals surface area contributed by atoms with Crippen molar-refractivity contribution in [1.82, 2.24) is 4.98 Å². The van der Waals surface area contributed by atoms with Crippen molar-refractivity contribution in [2.24, 2.45) is 5.41 Å². The van der Waals surface area contributed by atoms with E-state index in [1.54, 1.807) is 6.92 Å². The first-order valence-corrected chi connectivity index (χ1v) is 10.8. The molecular formula is C23H27NO5S. The lowest BCUT2D eigenvalue weighted by atomic mass is 9.76. The third-order valence-electron chi connectivity index (χ3n) is 4.76. The average Bonchev–Trinajstić information content (AvgIpc) is 3.02. The lowest BCUT2D eigenvalue weighted by Crippen LogP contribution is -2.28. The van der Waals surface area contributed by atoms with Gasteiger partial charge in [-0.25, -0.2) is 9.78 Å². The van der Waals surface area contributed by atoms with Crippen molar-refractivity contribution >= 4 is 28.8 Å². The number of Topliss-reactive ketones (excluding diaryl/α,β-unsaturated/α-hetero) is 1. The van der Waals surface area contributed by atoms with Crippen LogP contribution in [0.3, 0.4) is 0 Å². The van der Waals surface area contributed by atoms with Gasteiger partial charge in [-0.2, -0.15) is 0 Å². The van der Waals surface area contributed by atoms with Gasteiger partial charge in [-0.1, -0.05) is 44.2 Å². The van der Waals surface area contributed by atoms with Gasteiger partial charge in [0.05, 0.1) is 11.3 Å². The second kappa shape index (κ2) is 9.10. The topological polar surface area (TPSA) is 74.7 Å². The fraction of sp³-hybridized carbons (Fsp3) is 0.435. The van der Waals surface area contributed by atoms with E-state index in [0.717, 1.165) is 15.4 Å². The Kier molecular flexibility index (Phi) is 6.73. The lowest BCUT2D eigenvalue weighted by molar-refractivity contribution is -0.116. The van der Waals surface area contributed by atoms with Crippen LogP contribution >= 0.6 is 11.3 Å². The molecule has 2 aromatic rings. The molecule has 160 valence electrons. The average molecular weight is 430 g/mol. The molecule has 1 heterocycles. The van der Waals surface area contributed by atoms with Gasteiger partial charge in [0.25, 0.3) is 0 Å². The minimum absolute atomic E-state index is 0.0834. The monoisotopic (exact) mass is 429 g/mol. The number of hydrogen-bond acceptors (Lipinski definition) is 7. The summed E-state index contributed by atoms with van der Waals surface area (Å²) in [6.45, 7) is 9.71. The summed E-state index contributed by atoms with van der Waals surface area (Å²) in [4.78, 5) is 31.0. The molecule has 6 nitrogen and oxygen atoms in total. The van der Waals surface area contributed by atoms with E-state index in [2.05, 4.69) is 0 Å². The first-order chi connectivity index (χ1) is 14.2. The molecule has 0 saturated carbocycles. The fourth-order valence-electron chi connectivity index (χ4n) is 3.48. The van der Waals surface area contributed by atoms with Crippen LogP contribution in [0, 0.1) is 12.3 Å². The van der Waals surface area contributed by atoms with Crippen molar-refractivity contribution in [3.05, 3.63) is 46.7 Å². The molecule has 0 bridgehead atoms. The first kappa shape index (κ1) is 22.2. The number of aryl methyl sites for hydroxylation is 1. The highest BCUT2D eigenvalue weighted by Gasteiger charge is 2.37. The van der Waals surface area contributed by atoms with Gasteiger partial charge in [0.1, 0.15) is 10.8 Å². The number of aromatic nitrogens is 1. The number of ether oxygens (including phenoxy) is 3. The molecule has 0 radical (unpaired) electrons. The molecule has 1 aliphatic carbocycles. The fourth-order valence-corrected chi connectivity index (χ4v) is 4.40. The van der Waals surface area contributed by atoms with Crippen molar-refractivity contribution in [3.63, 3.8) is 0 Å². The summed E-state index contributed by atoms with van der Waals surface area (Å²) in [6.07, 6.45) is -0.823. The van der Waals surface area contributed by atoms with Crippen LogP contribution in [0.4, 0.5) is 4.79 Å². The normalized spacial score (nSPS) is 17.0. The molecule has 30 heavy (non-hydrogen) atoms. The minimum atomic E-state index is -0.884. The van der Waals surface area contributed by atoms with E-state index in [4.69, 9.17) is 19.2 Å². The van der Waals surface area contributed by atoms with Crippen molar-refractivity contribution in [1.29, 1.82) is 0 Å². The standard InChI is InChI=1S/C23H27NO5S/c1-6-27-15(3)28-22(26)29-18-13-23(4,5)12-17(25)19(18)20-14(2)30-21(24-20)16-10-8-7-9-11-16/h7-11,15H,6,12-13H2,1-5H3. The van der Waals surface area contributed by atoms with Crippen LogP contribution < -0.4 is 0 Å². The van der Waals surface area contributed by atoms with E-state index in [1.807, 2.05) is 58.0 Å². The maximum atomic E-state index is 13.1. The maximum Gasteiger partial charge on any atom is 0.515 e. The van der Waals surface area contributed by atoms with Gasteiger partial charge in [0, 0.05) is 29.9 Å². The van der Waals surface area contributed by atoms with Crippen molar-refractivity contribution in [2.75, 3.05) is 6.61 Å². The smallest absolute Gasteiger partial charge is 0.404 e. The van der Waals surface area contributed by atoms with Crippen LogP contribution in [0.2, 0.25) is 0 Å². The van der Waals surface area contributed by atoms with E-state index in [1.165, 1.54) is 11.3 Å². The van der Waals surface area contributed by atoms with E-state index < -0.39 is 12.4 Å². The molecule has 3 rings (SSSR count). The van der Waals surface area contributed by atoms with Crippen molar-refractivity contribution in [2.45, 2.75) is 53.8 Å². The highest BCUT2D eigenvalue weighted by Crippen LogP contribution is 2.43. The SMILES string of the molecule is CCOC(C)OC(=O)OC1=C(c2nc(-c3ccccc3)sc2C)C(=O)CC(C)(C)C1. The lowest BCUT2D eigenvalue weighted by Gasteiger charge is -2.31. The Balaban J connectivity index is 1.98. The highest BCUT2D eigenvalue weighted by molar-refractivity contribution is 7.15. The van der Waals surface area contributed by atoms with Gasteiger partial charge in [0.15, 0.2) is 5.78 Å². The van der Waals surface area contributed by atoms with Gasteiger partial charge >= 0.3 is 6.16 Å². The van der Waals surface area contributed by atoms with Gasteiger partial charge < -0.3 is 14.2 Å². The zero-order valence-corrected chi connectivity index (χ0v) is 18.8. The Labute approximate surface area is 180 Å². The molecule has 7 heteroatoms. The Bertz CT molecular complexity index is 961. The predicted molar refractivity (Wildman–Crippen MR) is 116 cm³/mol. The van der Waals surface area contributed by atoms with E-state index in [0.29, 0.717) is 36.5 Å². The Morgan fingerprint density at radius 3 is 2.60 bits per heavy atom. The molecule has 1 unspecified atom stereocenters. The maximum absolute atomic E-state index is 13.1. The number of ketones is 1. The van der Waals surface area contributed by atoms with Crippen LogP contribution in [0.1, 0.15) is 51.1 Å². The van der Waals surface area contributed by atoms with Crippen LogP contribution in [0.15, 0.2) is 36.1 Å². The van der Waals surface area contributed by atoms with E-state index in [-0.39, 0.29) is 11.2 Å².